The number of benzene rings is 1. The summed E-state index contributed by atoms with van der Waals surface area (Å²) in [6, 6.07) is 8.70. The molecular formula is C16H19N3O2. The van der Waals surface area contributed by atoms with Crippen LogP contribution in [0.2, 0.25) is 0 Å². The lowest BCUT2D eigenvalue weighted by Gasteiger charge is -2.15. The second-order valence-corrected chi connectivity index (χ2v) is 5.11. The minimum Gasteiger partial charge on any atom is -0.481 e. The molecule has 1 fully saturated rings. The second-order valence-electron chi connectivity index (χ2n) is 5.11. The van der Waals surface area contributed by atoms with Gasteiger partial charge in [-0.25, -0.2) is 5.43 Å². The summed E-state index contributed by atoms with van der Waals surface area (Å²) in [7, 11) is 0. The van der Waals surface area contributed by atoms with Crippen molar-refractivity contribution in [3.63, 3.8) is 0 Å². The van der Waals surface area contributed by atoms with Crippen LogP contribution in [-0.4, -0.2) is 17.7 Å². The van der Waals surface area contributed by atoms with Crippen molar-refractivity contribution in [1.29, 1.82) is 5.26 Å². The third kappa shape index (κ3) is 4.60. The zero-order valence-electron chi connectivity index (χ0n) is 12.1. The Hall–Kier alpha value is -2.35. The molecule has 5 heteroatoms. The molecule has 21 heavy (non-hydrogen) atoms. The SMILES string of the molecule is CC(Oc1ccc(C#N)cc1)C(=O)NN=C1CCCCC1. The van der Waals surface area contributed by atoms with Crippen LogP contribution in [-0.2, 0) is 4.79 Å². The largest absolute Gasteiger partial charge is 0.481 e. The van der Waals surface area contributed by atoms with Crippen molar-refractivity contribution in [2.24, 2.45) is 5.10 Å². The molecule has 0 aliphatic heterocycles. The summed E-state index contributed by atoms with van der Waals surface area (Å²) in [6.45, 7) is 1.68. The van der Waals surface area contributed by atoms with E-state index in [-0.39, 0.29) is 5.91 Å². The molecule has 0 bridgehead atoms. The average molecular weight is 285 g/mol. The van der Waals surface area contributed by atoms with Gasteiger partial charge in [-0.1, -0.05) is 6.42 Å². The summed E-state index contributed by atoms with van der Waals surface area (Å²) < 4.78 is 5.52. The van der Waals surface area contributed by atoms with E-state index >= 15 is 0 Å². The second kappa shape index (κ2) is 7.44. The number of ether oxygens (including phenoxy) is 1. The van der Waals surface area contributed by atoms with E-state index in [2.05, 4.69) is 10.5 Å². The highest BCUT2D eigenvalue weighted by atomic mass is 16.5. The number of hydrazone groups is 1. The molecule has 0 radical (unpaired) electrons. The van der Waals surface area contributed by atoms with Gasteiger partial charge in [-0.3, -0.25) is 4.79 Å². The average Bonchev–Trinajstić information content (AvgIpc) is 2.54. The lowest BCUT2D eigenvalue weighted by atomic mass is 9.99. The fourth-order valence-electron chi connectivity index (χ4n) is 2.16. The van der Waals surface area contributed by atoms with Crippen molar-refractivity contribution in [2.75, 3.05) is 0 Å². The van der Waals surface area contributed by atoms with E-state index in [1.165, 1.54) is 6.42 Å². The lowest BCUT2D eigenvalue weighted by molar-refractivity contribution is -0.127. The van der Waals surface area contributed by atoms with Crippen LogP contribution in [0.15, 0.2) is 29.4 Å². The van der Waals surface area contributed by atoms with Gasteiger partial charge in [0.05, 0.1) is 11.6 Å². The molecule has 1 aliphatic carbocycles. The van der Waals surface area contributed by atoms with Gasteiger partial charge in [0.1, 0.15) is 5.75 Å². The summed E-state index contributed by atoms with van der Waals surface area (Å²) in [4.78, 5) is 11.9. The van der Waals surface area contributed by atoms with Crippen LogP contribution < -0.4 is 10.2 Å². The van der Waals surface area contributed by atoms with Gasteiger partial charge >= 0.3 is 0 Å². The Kier molecular flexibility index (Phi) is 5.33. The van der Waals surface area contributed by atoms with Gasteiger partial charge in [-0.2, -0.15) is 10.4 Å². The quantitative estimate of drug-likeness (QED) is 0.864. The molecule has 1 unspecified atom stereocenters. The molecule has 0 heterocycles. The number of hydrogen-bond acceptors (Lipinski definition) is 4. The van der Waals surface area contributed by atoms with Crippen molar-refractivity contribution in [3.05, 3.63) is 29.8 Å². The molecule has 1 atom stereocenters. The van der Waals surface area contributed by atoms with Gasteiger partial charge in [-0.15, -0.1) is 0 Å². The summed E-state index contributed by atoms with van der Waals surface area (Å²) >= 11 is 0. The predicted molar refractivity (Wildman–Crippen MR) is 79.9 cm³/mol. The first-order valence-electron chi connectivity index (χ1n) is 7.21. The zero-order valence-corrected chi connectivity index (χ0v) is 12.1. The van der Waals surface area contributed by atoms with Crippen LogP contribution in [0.25, 0.3) is 0 Å². The van der Waals surface area contributed by atoms with Gasteiger partial charge in [-0.05, 0) is 56.9 Å². The van der Waals surface area contributed by atoms with Crippen LogP contribution in [0.1, 0.15) is 44.6 Å². The molecular weight excluding hydrogens is 266 g/mol. The Bertz CT molecular complexity index is 550. The van der Waals surface area contributed by atoms with E-state index in [4.69, 9.17) is 10.00 Å². The maximum Gasteiger partial charge on any atom is 0.280 e. The Balaban J connectivity index is 1.85. The molecule has 1 amide bonds. The molecule has 110 valence electrons. The van der Waals surface area contributed by atoms with Crippen molar-refractivity contribution >= 4 is 11.6 Å². The van der Waals surface area contributed by atoms with Crippen molar-refractivity contribution in [1.82, 2.24) is 5.43 Å². The molecule has 1 aromatic rings. The fraction of sp³-hybridized carbons (Fsp3) is 0.438. The van der Waals surface area contributed by atoms with E-state index in [0.29, 0.717) is 11.3 Å². The molecule has 1 aromatic carbocycles. The monoisotopic (exact) mass is 285 g/mol. The number of hydrogen-bond donors (Lipinski definition) is 1. The summed E-state index contributed by atoms with van der Waals surface area (Å²) in [5.74, 6) is 0.291. The summed E-state index contributed by atoms with van der Waals surface area (Å²) in [5.41, 5.74) is 4.18. The van der Waals surface area contributed by atoms with Crippen LogP contribution in [0, 0.1) is 11.3 Å². The molecule has 1 aliphatic rings. The highest BCUT2D eigenvalue weighted by Gasteiger charge is 2.15. The Labute approximate surface area is 124 Å². The van der Waals surface area contributed by atoms with Gasteiger partial charge in [0.25, 0.3) is 5.91 Å². The van der Waals surface area contributed by atoms with Gasteiger partial charge in [0.2, 0.25) is 0 Å². The number of rotatable bonds is 4. The molecule has 5 nitrogen and oxygen atoms in total. The number of nitrogens with zero attached hydrogens (tertiary/aromatic N) is 2. The van der Waals surface area contributed by atoms with Crippen LogP contribution >= 0.6 is 0 Å². The third-order valence-electron chi connectivity index (χ3n) is 3.42. The number of nitrogens with one attached hydrogen (secondary N) is 1. The van der Waals surface area contributed by atoms with Gasteiger partial charge < -0.3 is 4.74 Å². The number of carbonyl (C=O) groups excluding carboxylic acids is 1. The third-order valence-corrected chi connectivity index (χ3v) is 3.42. The highest BCUT2D eigenvalue weighted by molar-refractivity contribution is 5.87. The highest BCUT2D eigenvalue weighted by Crippen LogP contribution is 2.15. The first-order chi connectivity index (χ1) is 10.2. The number of amides is 1. The van der Waals surface area contributed by atoms with Crippen molar-refractivity contribution < 1.29 is 9.53 Å². The van der Waals surface area contributed by atoms with E-state index in [9.17, 15) is 4.79 Å². The Morgan fingerprint density at radius 1 is 1.29 bits per heavy atom. The van der Waals surface area contributed by atoms with Crippen LogP contribution in [0.3, 0.4) is 0 Å². The minimum atomic E-state index is -0.633. The van der Waals surface area contributed by atoms with Crippen molar-refractivity contribution in [2.45, 2.75) is 45.1 Å². The predicted octanol–water partition coefficient (Wildman–Crippen LogP) is 2.76. The molecule has 1 saturated carbocycles. The van der Waals surface area contributed by atoms with E-state index < -0.39 is 6.10 Å². The molecule has 1 N–H and O–H groups in total. The lowest BCUT2D eigenvalue weighted by Crippen LogP contribution is -2.34. The minimum absolute atomic E-state index is 0.266. The summed E-state index contributed by atoms with van der Waals surface area (Å²) in [6.07, 6.45) is 4.82. The first kappa shape index (κ1) is 15.0. The van der Waals surface area contributed by atoms with Gasteiger partial charge in [0.15, 0.2) is 6.10 Å². The molecule has 0 spiro atoms. The van der Waals surface area contributed by atoms with Crippen LogP contribution in [0.4, 0.5) is 0 Å². The van der Waals surface area contributed by atoms with E-state index in [1.54, 1.807) is 31.2 Å². The normalized spacial score (nSPS) is 15.7. The van der Waals surface area contributed by atoms with E-state index in [1.807, 2.05) is 6.07 Å². The van der Waals surface area contributed by atoms with E-state index in [0.717, 1.165) is 31.4 Å². The summed E-state index contributed by atoms with van der Waals surface area (Å²) in [5, 5.41) is 12.9. The zero-order chi connectivity index (χ0) is 15.1. The number of carbonyl (C=O) groups is 1. The fourth-order valence-corrected chi connectivity index (χ4v) is 2.16. The van der Waals surface area contributed by atoms with Crippen LogP contribution in [0.5, 0.6) is 5.75 Å². The van der Waals surface area contributed by atoms with Gasteiger partial charge in [0, 0.05) is 5.71 Å². The molecule has 2 rings (SSSR count). The number of nitriles is 1. The maximum absolute atomic E-state index is 11.9. The topological polar surface area (TPSA) is 74.5 Å². The maximum atomic E-state index is 11.9. The first-order valence-corrected chi connectivity index (χ1v) is 7.21. The molecule has 0 saturated heterocycles. The smallest absolute Gasteiger partial charge is 0.280 e. The Morgan fingerprint density at radius 3 is 2.57 bits per heavy atom. The van der Waals surface area contributed by atoms with Crippen molar-refractivity contribution in [3.8, 4) is 11.8 Å². The molecule has 0 aromatic heterocycles. The Morgan fingerprint density at radius 2 is 1.95 bits per heavy atom. The standard InChI is InChI=1S/C16H19N3O2/c1-12(21-15-9-7-13(11-17)8-10-15)16(20)19-18-14-5-3-2-4-6-14/h7-10,12H,2-6H2,1H3,(H,19,20).